The number of pyridine rings is 1. The predicted molar refractivity (Wildman–Crippen MR) is 65.0 cm³/mol. The molecule has 2 amide bonds. The van der Waals surface area contributed by atoms with E-state index in [0.29, 0.717) is 6.54 Å². The Kier molecular flexibility index (Phi) is 3.43. The van der Waals surface area contributed by atoms with E-state index in [9.17, 15) is 4.79 Å². The SMILES string of the molecule is CN1CCCN(Cc2ccc(Br)cn2)C1=O. The van der Waals surface area contributed by atoms with E-state index in [0.717, 1.165) is 29.7 Å². The van der Waals surface area contributed by atoms with E-state index in [1.165, 1.54) is 0 Å². The van der Waals surface area contributed by atoms with Crippen LogP contribution in [0.2, 0.25) is 0 Å². The first-order chi connectivity index (χ1) is 7.66. The van der Waals surface area contributed by atoms with E-state index in [1.54, 1.807) is 11.1 Å². The van der Waals surface area contributed by atoms with Crippen LogP contribution in [0.25, 0.3) is 0 Å². The molecule has 0 aliphatic carbocycles. The molecule has 1 aromatic rings. The van der Waals surface area contributed by atoms with Gasteiger partial charge in [0.1, 0.15) is 0 Å². The number of hydrogen-bond acceptors (Lipinski definition) is 2. The maximum atomic E-state index is 11.8. The first kappa shape index (κ1) is 11.4. The van der Waals surface area contributed by atoms with Crippen LogP contribution in [0.15, 0.2) is 22.8 Å². The minimum absolute atomic E-state index is 0.0935. The van der Waals surface area contributed by atoms with E-state index >= 15 is 0 Å². The first-order valence-corrected chi connectivity index (χ1v) is 6.06. The number of amides is 2. The van der Waals surface area contributed by atoms with E-state index in [4.69, 9.17) is 0 Å². The summed E-state index contributed by atoms with van der Waals surface area (Å²) in [6.45, 7) is 2.26. The molecule has 2 rings (SSSR count). The van der Waals surface area contributed by atoms with Gasteiger partial charge in [-0.25, -0.2) is 4.79 Å². The fraction of sp³-hybridized carbons (Fsp3) is 0.455. The van der Waals surface area contributed by atoms with Crippen LogP contribution in [-0.4, -0.2) is 41.0 Å². The van der Waals surface area contributed by atoms with Gasteiger partial charge in [0.15, 0.2) is 0 Å². The van der Waals surface area contributed by atoms with Crippen LogP contribution in [0.5, 0.6) is 0 Å². The Balaban J connectivity index is 2.03. The summed E-state index contributed by atoms with van der Waals surface area (Å²) in [4.78, 5) is 19.7. The Morgan fingerprint density at radius 1 is 1.44 bits per heavy atom. The molecule has 1 aromatic heterocycles. The lowest BCUT2D eigenvalue weighted by Gasteiger charge is -2.33. The third kappa shape index (κ3) is 2.52. The van der Waals surface area contributed by atoms with Crippen LogP contribution in [0, 0.1) is 0 Å². The Hall–Kier alpha value is -1.10. The summed E-state index contributed by atoms with van der Waals surface area (Å²) in [7, 11) is 1.84. The van der Waals surface area contributed by atoms with Crippen LogP contribution < -0.4 is 0 Å². The van der Waals surface area contributed by atoms with Gasteiger partial charge in [0, 0.05) is 30.8 Å². The lowest BCUT2D eigenvalue weighted by Crippen LogP contribution is -2.46. The van der Waals surface area contributed by atoms with Crippen molar-refractivity contribution >= 4 is 22.0 Å². The highest BCUT2D eigenvalue weighted by Gasteiger charge is 2.22. The zero-order chi connectivity index (χ0) is 11.5. The Morgan fingerprint density at radius 2 is 2.25 bits per heavy atom. The molecule has 2 heterocycles. The summed E-state index contributed by atoms with van der Waals surface area (Å²) in [6.07, 6.45) is 2.78. The summed E-state index contributed by atoms with van der Waals surface area (Å²) in [6, 6.07) is 3.97. The molecule has 1 saturated heterocycles. The molecule has 1 aliphatic heterocycles. The number of carbonyl (C=O) groups excluding carboxylic acids is 1. The summed E-state index contributed by atoms with van der Waals surface area (Å²) in [5, 5.41) is 0. The lowest BCUT2D eigenvalue weighted by atomic mass is 10.2. The number of rotatable bonds is 2. The van der Waals surface area contributed by atoms with Crippen molar-refractivity contribution in [1.82, 2.24) is 14.8 Å². The average molecular weight is 284 g/mol. The van der Waals surface area contributed by atoms with Gasteiger partial charge in [0.05, 0.1) is 12.2 Å². The van der Waals surface area contributed by atoms with Crippen molar-refractivity contribution in [3.8, 4) is 0 Å². The van der Waals surface area contributed by atoms with E-state index < -0.39 is 0 Å². The third-order valence-corrected chi connectivity index (χ3v) is 3.13. The highest BCUT2D eigenvalue weighted by molar-refractivity contribution is 9.10. The van der Waals surface area contributed by atoms with Gasteiger partial charge in [-0.05, 0) is 34.5 Å². The molecule has 0 radical (unpaired) electrons. The van der Waals surface area contributed by atoms with Crippen molar-refractivity contribution in [1.29, 1.82) is 0 Å². The van der Waals surface area contributed by atoms with Gasteiger partial charge in [-0.2, -0.15) is 0 Å². The molecule has 4 nitrogen and oxygen atoms in total. The van der Waals surface area contributed by atoms with Crippen LogP contribution >= 0.6 is 15.9 Å². The normalized spacial score (nSPS) is 16.8. The fourth-order valence-corrected chi connectivity index (χ4v) is 2.01. The molecule has 86 valence electrons. The van der Waals surface area contributed by atoms with Crippen LogP contribution in [0.4, 0.5) is 4.79 Å². The molecular formula is C11H14BrN3O. The van der Waals surface area contributed by atoms with Crippen LogP contribution in [0.3, 0.4) is 0 Å². The summed E-state index contributed by atoms with van der Waals surface area (Å²) in [5.74, 6) is 0. The van der Waals surface area contributed by atoms with Gasteiger partial charge in [-0.15, -0.1) is 0 Å². The second-order valence-corrected chi connectivity index (χ2v) is 4.86. The molecular weight excluding hydrogens is 270 g/mol. The highest BCUT2D eigenvalue weighted by Crippen LogP contribution is 2.13. The predicted octanol–water partition coefficient (Wildman–Crippen LogP) is 2.10. The molecule has 0 bridgehead atoms. The maximum absolute atomic E-state index is 11.8. The molecule has 0 N–H and O–H groups in total. The second-order valence-electron chi connectivity index (χ2n) is 3.95. The molecule has 16 heavy (non-hydrogen) atoms. The summed E-state index contributed by atoms with van der Waals surface area (Å²) >= 11 is 3.34. The van der Waals surface area contributed by atoms with E-state index in [2.05, 4.69) is 20.9 Å². The molecule has 1 aliphatic rings. The van der Waals surface area contributed by atoms with E-state index in [-0.39, 0.29) is 6.03 Å². The zero-order valence-electron chi connectivity index (χ0n) is 9.19. The summed E-state index contributed by atoms with van der Waals surface area (Å²) in [5.41, 5.74) is 0.923. The molecule has 0 saturated carbocycles. The third-order valence-electron chi connectivity index (χ3n) is 2.66. The monoisotopic (exact) mass is 283 g/mol. The van der Waals surface area contributed by atoms with Crippen molar-refractivity contribution < 1.29 is 4.79 Å². The van der Waals surface area contributed by atoms with Crippen LogP contribution in [-0.2, 0) is 6.54 Å². The second kappa shape index (κ2) is 4.82. The van der Waals surface area contributed by atoms with Crippen molar-refractivity contribution in [3.05, 3.63) is 28.5 Å². The average Bonchev–Trinajstić information content (AvgIpc) is 2.28. The van der Waals surface area contributed by atoms with Crippen molar-refractivity contribution in [3.63, 3.8) is 0 Å². The van der Waals surface area contributed by atoms with E-state index in [1.807, 2.05) is 24.1 Å². The largest absolute Gasteiger partial charge is 0.328 e. The van der Waals surface area contributed by atoms with Gasteiger partial charge in [0.2, 0.25) is 0 Å². The standard InChI is InChI=1S/C11H14BrN3O/c1-14-5-2-6-15(11(14)16)8-10-4-3-9(12)7-13-10/h3-4,7H,2,5-6,8H2,1H3. The molecule has 1 fully saturated rings. The minimum Gasteiger partial charge on any atom is -0.328 e. The Morgan fingerprint density at radius 3 is 2.94 bits per heavy atom. The van der Waals surface area contributed by atoms with Gasteiger partial charge in [-0.1, -0.05) is 0 Å². The zero-order valence-corrected chi connectivity index (χ0v) is 10.8. The molecule has 5 heteroatoms. The molecule has 0 atom stereocenters. The number of carbonyl (C=O) groups is 1. The number of aromatic nitrogens is 1. The highest BCUT2D eigenvalue weighted by atomic mass is 79.9. The van der Waals surface area contributed by atoms with Gasteiger partial charge >= 0.3 is 6.03 Å². The minimum atomic E-state index is 0.0935. The van der Waals surface area contributed by atoms with Crippen molar-refractivity contribution in [2.45, 2.75) is 13.0 Å². The number of halogens is 1. The molecule has 0 unspecified atom stereocenters. The Labute approximate surface area is 103 Å². The molecule has 0 aromatic carbocycles. The van der Waals surface area contributed by atoms with Crippen molar-refractivity contribution in [2.75, 3.05) is 20.1 Å². The van der Waals surface area contributed by atoms with Gasteiger partial charge in [-0.3, -0.25) is 4.98 Å². The maximum Gasteiger partial charge on any atom is 0.320 e. The smallest absolute Gasteiger partial charge is 0.320 e. The lowest BCUT2D eigenvalue weighted by molar-refractivity contribution is 0.137. The number of hydrogen-bond donors (Lipinski definition) is 0. The number of urea groups is 1. The number of nitrogens with zero attached hydrogens (tertiary/aromatic N) is 3. The molecule has 0 spiro atoms. The Bertz CT molecular complexity index is 379. The van der Waals surface area contributed by atoms with Gasteiger partial charge < -0.3 is 9.80 Å². The quantitative estimate of drug-likeness (QED) is 0.834. The van der Waals surface area contributed by atoms with Crippen LogP contribution in [0.1, 0.15) is 12.1 Å². The van der Waals surface area contributed by atoms with Gasteiger partial charge in [0.25, 0.3) is 0 Å². The fourth-order valence-electron chi connectivity index (χ4n) is 1.77. The van der Waals surface area contributed by atoms with Crippen molar-refractivity contribution in [2.24, 2.45) is 0 Å². The summed E-state index contributed by atoms with van der Waals surface area (Å²) < 4.78 is 0.957. The topological polar surface area (TPSA) is 36.4 Å². The first-order valence-electron chi connectivity index (χ1n) is 5.27.